The Morgan fingerprint density at radius 3 is 2.22 bits per heavy atom. The molecule has 1 heterocycles. The lowest BCUT2D eigenvalue weighted by atomic mass is 10.1. The summed E-state index contributed by atoms with van der Waals surface area (Å²) in [4.78, 5) is 25.8. The molecule has 0 aliphatic carbocycles. The second-order valence-electron chi connectivity index (χ2n) is 6.47. The van der Waals surface area contributed by atoms with Gasteiger partial charge in [-0.2, -0.15) is 0 Å². The Kier molecular flexibility index (Phi) is 5.53. The lowest BCUT2D eigenvalue weighted by Gasteiger charge is -2.28. The van der Waals surface area contributed by atoms with Crippen LogP contribution in [0, 0.1) is 0 Å². The summed E-state index contributed by atoms with van der Waals surface area (Å²) in [5.74, 6) is -0.494. The predicted molar refractivity (Wildman–Crippen MR) is 106 cm³/mol. The number of rotatable bonds is 4. The number of carbonyl (C=O) groups excluding carboxylic acids is 2. The van der Waals surface area contributed by atoms with Crippen LogP contribution in [0.1, 0.15) is 23.7 Å². The summed E-state index contributed by atoms with van der Waals surface area (Å²) in [6.07, 6.45) is 0.384. The lowest BCUT2D eigenvalue weighted by Crippen LogP contribution is -2.41. The Bertz CT molecular complexity index is 956. The van der Waals surface area contributed by atoms with Gasteiger partial charge in [-0.15, -0.1) is 0 Å². The molecule has 3 rings (SSSR count). The van der Waals surface area contributed by atoms with Gasteiger partial charge in [0.25, 0.3) is 5.91 Å². The zero-order valence-electron chi connectivity index (χ0n) is 14.7. The first kappa shape index (κ1) is 19.4. The highest BCUT2D eigenvalue weighted by Crippen LogP contribution is 2.28. The number of amides is 2. The van der Waals surface area contributed by atoms with Crippen molar-refractivity contribution >= 4 is 44.6 Å². The van der Waals surface area contributed by atoms with Gasteiger partial charge in [0.2, 0.25) is 5.91 Å². The number of benzene rings is 2. The zero-order chi connectivity index (χ0) is 19.6. The highest BCUT2D eigenvalue weighted by molar-refractivity contribution is 7.91. The van der Waals surface area contributed by atoms with E-state index in [1.54, 1.807) is 48.5 Å². The third kappa shape index (κ3) is 4.67. The van der Waals surface area contributed by atoms with Gasteiger partial charge in [0, 0.05) is 28.9 Å². The molecule has 142 valence electrons. The molecular formula is C19H19ClN2O4S. The highest BCUT2D eigenvalue weighted by atomic mass is 35.5. The lowest BCUT2D eigenvalue weighted by molar-refractivity contribution is -0.114. The molecule has 1 aliphatic rings. The summed E-state index contributed by atoms with van der Waals surface area (Å²) in [7, 11) is -3.17. The molecule has 27 heavy (non-hydrogen) atoms. The average Bonchev–Trinajstić information content (AvgIpc) is 2.96. The maximum absolute atomic E-state index is 13.1. The van der Waals surface area contributed by atoms with Gasteiger partial charge >= 0.3 is 0 Å². The Labute approximate surface area is 163 Å². The van der Waals surface area contributed by atoms with Gasteiger partial charge in [-0.05, 0) is 55.0 Å². The number of hydrogen-bond acceptors (Lipinski definition) is 4. The van der Waals surface area contributed by atoms with Gasteiger partial charge in [0.1, 0.15) is 0 Å². The number of hydrogen-bond donors (Lipinski definition) is 1. The number of anilines is 2. The van der Waals surface area contributed by atoms with Crippen LogP contribution in [-0.2, 0) is 14.6 Å². The largest absolute Gasteiger partial charge is 0.326 e. The zero-order valence-corrected chi connectivity index (χ0v) is 16.3. The van der Waals surface area contributed by atoms with Crippen LogP contribution in [0.25, 0.3) is 0 Å². The molecule has 1 aliphatic heterocycles. The van der Waals surface area contributed by atoms with Crippen molar-refractivity contribution in [2.75, 3.05) is 21.7 Å². The van der Waals surface area contributed by atoms with Crippen molar-refractivity contribution in [2.24, 2.45) is 0 Å². The van der Waals surface area contributed by atoms with Gasteiger partial charge in [0.05, 0.1) is 17.5 Å². The van der Waals surface area contributed by atoms with E-state index in [9.17, 15) is 18.0 Å². The summed E-state index contributed by atoms with van der Waals surface area (Å²) in [6.45, 7) is 1.41. The van der Waals surface area contributed by atoms with E-state index in [-0.39, 0.29) is 23.3 Å². The third-order valence-electron chi connectivity index (χ3n) is 4.35. The molecule has 8 heteroatoms. The average molecular weight is 407 g/mol. The van der Waals surface area contributed by atoms with E-state index in [1.165, 1.54) is 11.8 Å². The molecule has 0 saturated carbocycles. The maximum atomic E-state index is 13.1. The quantitative estimate of drug-likeness (QED) is 0.845. The second-order valence-corrected chi connectivity index (χ2v) is 9.13. The first-order valence-corrected chi connectivity index (χ1v) is 10.6. The molecule has 0 aromatic heterocycles. The Morgan fingerprint density at radius 1 is 1.07 bits per heavy atom. The third-order valence-corrected chi connectivity index (χ3v) is 6.35. The first-order valence-electron chi connectivity index (χ1n) is 8.42. The minimum Gasteiger partial charge on any atom is -0.326 e. The molecule has 0 radical (unpaired) electrons. The van der Waals surface area contributed by atoms with Gasteiger partial charge in [-0.1, -0.05) is 11.6 Å². The van der Waals surface area contributed by atoms with Crippen LogP contribution in [0.3, 0.4) is 0 Å². The van der Waals surface area contributed by atoms with Gasteiger partial charge < -0.3 is 10.2 Å². The van der Waals surface area contributed by atoms with Crippen molar-refractivity contribution in [2.45, 2.75) is 19.4 Å². The number of carbonyl (C=O) groups is 2. The smallest absolute Gasteiger partial charge is 0.258 e. The van der Waals surface area contributed by atoms with Crippen molar-refractivity contribution in [1.82, 2.24) is 0 Å². The molecule has 6 nitrogen and oxygen atoms in total. The van der Waals surface area contributed by atoms with E-state index in [4.69, 9.17) is 11.6 Å². The molecule has 1 fully saturated rings. The van der Waals surface area contributed by atoms with Crippen molar-refractivity contribution < 1.29 is 18.0 Å². The van der Waals surface area contributed by atoms with E-state index >= 15 is 0 Å². The molecule has 2 aromatic rings. The van der Waals surface area contributed by atoms with Crippen LogP contribution in [0.2, 0.25) is 5.02 Å². The molecule has 1 N–H and O–H groups in total. The SMILES string of the molecule is CC(=O)Nc1ccc(N(C(=O)c2ccc(Cl)cc2)C2CCS(=O)(=O)C2)cc1. The summed E-state index contributed by atoms with van der Waals surface area (Å²) in [5, 5.41) is 3.18. The van der Waals surface area contributed by atoms with Crippen molar-refractivity contribution in [3.63, 3.8) is 0 Å². The minimum atomic E-state index is -3.17. The Hall–Kier alpha value is -2.38. The first-order chi connectivity index (χ1) is 12.7. The van der Waals surface area contributed by atoms with Crippen LogP contribution < -0.4 is 10.2 Å². The molecule has 0 bridgehead atoms. The Morgan fingerprint density at radius 2 is 1.70 bits per heavy atom. The molecule has 1 saturated heterocycles. The van der Waals surface area contributed by atoms with E-state index in [0.29, 0.717) is 28.4 Å². The van der Waals surface area contributed by atoms with Crippen LogP contribution >= 0.6 is 11.6 Å². The van der Waals surface area contributed by atoms with Crippen LogP contribution in [0.15, 0.2) is 48.5 Å². The van der Waals surface area contributed by atoms with Crippen molar-refractivity contribution in [1.29, 1.82) is 0 Å². The van der Waals surface area contributed by atoms with Gasteiger partial charge in [0.15, 0.2) is 9.84 Å². The summed E-state index contributed by atoms with van der Waals surface area (Å²) >= 11 is 5.90. The fourth-order valence-electron chi connectivity index (χ4n) is 3.11. The Balaban J connectivity index is 1.96. The molecule has 2 amide bonds. The summed E-state index contributed by atoms with van der Waals surface area (Å²) < 4.78 is 23.9. The highest BCUT2D eigenvalue weighted by Gasteiger charge is 2.36. The van der Waals surface area contributed by atoms with Gasteiger partial charge in [-0.25, -0.2) is 8.42 Å². The predicted octanol–water partition coefficient (Wildman–Crippen LogP) is 3.13. The number of sulfone groups is 1. The van der Waals surface area contributed by atoms with E-state index < -0.39 is 15.9 Å². The maximum Gasteiger partial charge on any atom is 0.258 e. The minimum absolute atomic E-state index is 0.0615. The van der Waals surface area contributed by atoms with Crippen LogP contribution in [0.4, 0.5) is 11.4 Å². The van der Waals surface area contributed by atoms with Crippen LogP contribution in [0.5, 0.6) is 0 Å². The van der Waals surface area contributed by atoms with Crippen molar-refractivity contribution in [3.8, 4) is 0 Å². The monoisotopic (exact) mass is 406 g/mol. The summed E-state index contributed by atoms with van der Waals surface area (Å²) in [5.41, 5.74) is 1.60. The molecular weight excluding hydrogens is 388 g/mol. The summed E-state index contributed by atoms with van der Waals surface area (Å²) in [6, 6.07) is 12.8. The fraction of sp³-hybridized carbons (Fsp3) is 0.263. The normalized spacial score (nSPS) is 18.1. The van der Waals surface area contributed by atoms with E-state index in [2.05, 4.69) is 5.32 Å². The number of nitrogens with one attached hydrogen (secondary N) is 1. The van der Waals surface area contributed by atoms with Crippen LogP contribution in [-0.4, -0.2) is 37.8 Å². The number of halogens is 1. The van der Waals surface area contributed by atoms with E-state index in [1.807, 2.05) is 0 Å². The molecule has 0 spiro atoms. The molecule has 2 aromatic carbocycles. The second kappa shape index (κ2) is 7.70. The van der Waals surface area contributed by atoms with Gasteiger partial charge in [-0.3, -0.25) is 9.59 Å². The number of nitrogens with zero attached hydrogens (tertiary/aromatic N) is 1. The van der Waals surface area contributed by atoms with E-state index in [0.717, 1.165) is 0 Å². The molecule has 1 unspecified atom stereocenters. The standard InChI is InChI=1S/C19H19ClN2O4S/c1-13(23)21-16-6-8-17(9-7-16)22(18-10-11-27(25,26)12-18)19(24)14-2-4-15(20)5-3-14/h2-9,18H,10-12H2,1H3,(H,21,23). The molecule has 1 atom stereocenters. The topological polar surface area (TPSA) is 83.6 Å². The fourth-order valence-corrected chi connectivity index (χ4v) is 4.94. The van der Waals surface area contributed by atoms with Crippen molar-refractivity contribution in [3.05, 3.63) is 59.1 Å².